The fourth-order valence-electron chi connectivity index (χ4n) is 2.64. The van der Waals surface area contributed by atoms with E-state index in [1.807, 2.05) is 20.8 Å². The maximum atomic E-state index is 13.3. The van der Waals surface area contributed by atoms with Gasteiger partial charge in [0.15, 0.2) is 8.32 Å². The molecule has 1 aromatic rings. The van der Waals surface area contributed by atoms with Crippen LogP contribution in [0.3, 0.4) is 0 Å². The number of benzene rings is 1. The van der Waals surface area contributed by atoms with Crippen molar-refractivity contribution in [3.63, 3.8) is 0 Å². The van der Waals surface area contributed by atoms with E-state index in [2.05, 4.69) is 0 Å². The van der Waals surface area contributed by atoms with Gasteiger partial charge >= 0.3 is 6.18 Å². The molecule has 1 rings (SSSR count). The van der Waals surface area contributed by atoms with Crippen LogP contribution >= 0.6 is 11.6 Å². The van der Waals surface area contributed by atoms with Gasteiger partial charge in [-0.15, -0.1) is 0 Å². The molecule has 126 valence electrons. The quantitative estimate of drug-likeness (QED) is 0.668. The van der Waals surface area contributed by atoms with E-state index in [1.54, 1.807) is 0 Å². The van der Waals surface area contributed by atoms with Gasteiger partial charge in [0, 0.05) is 17.1 Å². The zero-order chi connectivity index (χ0) is 17.0. The Bertz CT molecular complexity index is 484. The van der Waals surface area contributed by atoms with Crippen LogP contribution in [-0.4, -0.2) is 14.9 Å². The van der Waals surface area contributed by atoms with Crippen LogP contribution in [0.15, 0.2) is 18.2 Å². The van der Waals surface area contributed by atoms with Gasteiger partial charge in [-0.05, 0) is 30.3 Å². The number of rotatable bonds is 7. The fourth-order valence-corrected chi connectivity index (χ4v) is 5.75. The molecule has 0 aliphatic carbocycles. The first-order valence-corrected chi connectivity index (χ1v) is 10.4. The van der Waals surface area contributed by atoms with Gasteiger partial charge in [-0.25, -0.2) is 0 Å². The smallest absolute Gasteiger partial charge is 0.409 e. The van der Waals surface area contributed by atoms with Crippen LogP contribution in [0.1, 0.15) is 38.0 Å². The number of nitrogens with two attached hydrogens (primary N) is 1. The summed E-state index contributed by atoms with van der Waals surface area (Å²) < 4.78 is 45.9. The fraction of sp³-hybridized carbons (Fsp3) is 0.600. The van der Waals surface area contributed by atoms with Gasteiger partial charge < -0.3 is 10.2 Å². The molecule has 1 aromatic carbocycles. The summed E-state index contributed by atoms with van der Waals surface area (Å²) in [5, 5.41) is 0.0523. The van der Waals surface area contributed by atoms with Crippen molar-refractivity contribution < 1.29 is 17.6 Å². The van der Waals surface area contributed by atoms with E-state index < -0.39 is 26.2 Å². The zero-order valence-electron chi connectivity index (χ0n) is 13.1. The highest BCUT2D eigenvalue weighted by Crippen LogP contribution is 2.40. The molecule has 0 amide bonds. The predicted octanol–water partition coefficient (Wildman–Crippen LogP) is 5.38. The predicted molar refractivity (Wildman–Crippen MR) is 86.5 cm³/mol. The number of hydrogen-bond acceptors (Lipinski definition) is 2. The lowest BCUT2D eigenvalue weighted by Gasteiger charge is -2.34. The standard InChI is InChI=1S/C15H23ClF3NOSi/c1-4-22(5-2,6-3)21-13(10-20)14-11(15(17,18)19)8-7-9-12(14)16/h7-9,13H,4-6,10,20H2,1-3H3. The van der Waals surface area contributed by atoms with Crippen molar-refractivity contribution in [1.82, 2.24) is 0 Å². The summed E-state index contributed by atoms with van der Waals surface area (Å²) in [5.41, 5.74) is 4.93. The molecule has 1 atom stereocenters. The average Bonchev–Trinajstić information content (AvgIpc) is 2.49. The molecule has 1 unspecified atom stereocenters. The highest BCUT2D eigenvalue weighted by atomic mass is 35.5. The van der Waals surface area contributed by atoms with E-state index in [-0.39, 0.29) is 17.1 Å². The van der Waals surface area contributed by atoms with Gasteiger partial charge in [-0.3, -0.25) is 0 Å². The third-order valence-corrected chi connectivity index (χ3v) is 9.20. The second kappa shape index (κ2) is 7.81. The van der Waals surface area contributed by atoms with Gasteiger partial charge in [0.25, 0.3) is 0 Å². The van der Waals surface area contributed by atoms with Crippen molar-refractivity contribution in [3.8, 4) is 0 Å². The summed E-state index contributed by atoms with van der Waals surface area (Å²) >= 11 is 6.05. The molecule has 0 radical (unpaired) electrons. The topological polar surface area (TPSA) is 35.2 Å². The Morgan fingerprint density at radius 1 is 1.18 bits per heavy atom. The molecule has 0 heterocycles. The minimum Gasteiger partial charge on any atom is -0.409 e. The summed E-state index contributed by atoms with van der Waals surface area (Å²) in [7, 11) is -2.10. The van der Waals surface area contributed by atoms with E-state index in [4.69, 9.17) is 21.8 Å². The Hall–Kier alpha value is -0.563. The molecule has 0 aliphatic rings. The first-order chi connectivity index (χ1) is 10.2. The third kappa shape index (κ3) is 4.25. The highest BCUT2D eigenvalue weighted by Gasteiger charge is 2.39. The first kappa shape index (κ1) is 19.5. The molecule has 0 saturated carbocycles. The highest BCUT2D eigenvalue weighted by molar-refractivity contribution is 6.73. The summed E-state index contributed by atoms with van der Waals surface area (Å²) in [4.78, 5) is 0. The SMILES string of the molecule is CC[Si](CC)(CC)OC(CN)c1c(Cl)cccc1C(F)(F)F. The molecular formula is C15H23ClF3NOSi. The van der Waals surface area contributed by atoms with Gasteiger partial charge in [-0.2, -0.15) is 13.2 Å². The van der Waals surface area contributed by atoms with E-state index >= 15 is 0 Å². The van der Waals surface area contributed by atoms with Crippen LogP contribution in [0.2, 0.25) is 23.2 Å². The Morgan fingerprint density at radius 3 is 2.14 bits per heavy atom. The maximum Gasteiger partial charge on any atom is 0.416 e. The van der Waals surface area contributed by atoms with Crippen LogP contribution in [0, 0.1) is 0 Å². The molecule has 0 aliphatic heterocycles. The minimum atomic E-state index is -4.48. The second-order valence-corrected chi connectivity index (χ2v) is 10.4. The Labute approximate surface area is 135 Å². The van der Waals surface area contributed by atoms with E-state index in [0.717, 1.165) is 24.2 Å². The molecule has 2 nitrogen and oxygen atoms in total. The monoisotopic (exact) mass is 353 g/mol. The first-order valence-electron chi connectivity index (χ1n) is 7.48. The van der Waals surface area contributed by atoms with Crippen molar-refractivity contribution in [2.45, 2.75) is 51.2 Å². The lowest BCUT2D eigenvalue weighted by atomic mass is 10.0. The Morgan fingerprint density at radius 2 is 1.73 bits per heavy atom. The third-order valence-electron chi connectivity index (χ3n) is 4.22. The minimum absolute atomic E-state index is 0.0262. The van der Waals surface area contributed by atoms with E-state index in [9.17, 15) is 13.2 Å². The average molecular weight is 354 g/mol. The molecule has 0 saturated heterocycles. The summed E-state index contributed by atoms with van der Waals surface area (Å²) in [5.74, 6) is 0. The van der Waals surface area contributed by atoms with Gasteiger partial charge in [0.1, 0.15) is 0 Å². The molecule has 2 N–H and O–H groups in total. The normalized spacial score (nSPS) is 14.2. The van der Waals surface area contributed by atoms with Gasteiger partial charge in [0.2, 0.25) is 0 Å². The number of alkyl halides is 3. The molecule has 0 bridgehead atoms. The van der Waals surface area contributed by atoms with Crippen LogP contribution in [0.4, 0.5) is 13.2 Å². The van der Waals surface area contributed by atoms with Gasteiger partial charge in [-0.1, -0.05) is 38.4 Å². The summed E-state index contributed by atoms with van der Waals surface area (Å²) in [6.07, 6.45) is -5.30. The molecule has 0 fully saturated rings. The van der Waals surface area contributed by atoms with Gasteiger partial charge in [0.05, 0.1) is 11.7 Å². The Kier molecular flexibility index (Phi) is 6.92. The van der Waals surface area contributed by atoms with Crippen molar-refractivity contribution in [1.29, 1.82) is 0 Å². The van der Waals surface area contributed by atoms with Crippen molar-refractivity contribution in [2.24, 2.45) is 5.73 Å². The van der Waals surface area contributed by atoms with Crippen LogP contribution < -0.4 is 5.73 Å². The molecule has 0 aromatic heterocycles. The molecule has 7 heteroatoms. The van der Waals surface area contributed by atoms with Crippen LogP contribution in [0.25, 0.3) is 0 Å². The summed E-state index contributed by atoms with van der Waals surface area (Å²) in [6, 6.07) is 6.28. The number of hydrogen-bond donors (Lipinski definition) is 1. The Balaban J connectivity index is 3.32. The van der Waals surface area contributed by atoms with Crippen molar-refractivity contribution in [3.05, 3.63) is 34.3 Å². The van der Waals surface area contributed by atoms with Crippen molar-refractivity contribution in [2.75, 3.05) is 6.54 Å². The largest absolute Gasteiger partial charge is 0.416 e. The number of halogens is 4. The molecule has 22 heavy (non-hydrogen) atoms. The van der Waals surface area contributed by atoms with Crippen LogP contribution in [0.5, 0.6) is 0 Å². The lowest BCUT2D eigenvalue weighted by Crippen LogP contribution is -2.39. The van der Waals surface area contributed by atoms with Crippen molar-refractivity contribution >= 4 is 19.9 Å². The molecule has 0 spiro atoms. The lowest BCUT2D eigenvalue weighted by molar-refractivity contribution is -0.139. The zero-order valence-corrected chi connectivity index (χ0v) is 14.9. The van der Waals surface area contributed by atoms with E-state index in [0.29, 0.717) is 0 Å². The second-order valence-electron chi connectivity index (χ2n) is 5.28. The van der Waals surface area contributed by atoms with Crippen LogP contribution in [-0.2, 0) is 10.6 Å². The molecular weight excluding hydrogens is 331 g/mol. The maximum absolute atomic E-state index is 13.3. The summed E-state index contributed by atoms with van der Waals surface area (Å²) in [6.45, 7) is 6.03. The van der Waals surface area contributed by atoms with E-state index in [1.165, 1.54) is 12.1 Å².